The first-order valence-electron chi connectivity index (χ1n) is 6.71. The fourth-order valence-corrected chi connectivity index (χ4v) is 2.34. The average Bonchev–Trinajstić information content (AvgIpc) is 3.15. The molecule has 0 bridgehead atoms. The number of aromatic amines is 1. The molecular weight excluding hydrogens is 224 g/mol. The van der Waals surface area contributed by atoms with E-state index in [1.54, 1.807) is 7.11 Å². The Morgan fingerprint density at radius 1 is 1.39 bits per heavy atom. The monoisotopic (exact) mass is 244 g/mol. The Kier molecular flexibility index (Phi) is 3.24. The number of hydrogen-bond acceptors (Lipinski definition) is 2. The molecule has 3 nitrogen and oxygen atoms in total. The Hall–Kier alpha value is -1.48. The summed E-state index contributed by atoms with van der Waals surface area (Å²) in [5, 5.41) is 4.81. The molecule has 0 spiro atoms. The zero-order valence-electron chi connectivity index (χ0n) is 10.8. The molecule has 0 saturated heterocycles. The number of hydrogen-bond donors (Lipinski definition) is 2. The highest BCUT2D eigenvalue weighted by molar-refractivity contribution is 5.84. The molecule has 0 atom stereocenters. The van der Waals surface area contributed by atoms with Gasteiger partial charge in [-0.1, -0.05) is 0 Å². The summed E-state index contributed by atoms with van der Waals surface area (Å²) in [4.78, 5) is 3.32. The van der Waals surface area contributed by atoms with Gasteiger partial charge in [0.05, 0.1) is 7.11 Å². The lowest BCUT2D eigenvalue weighted by Crippen LogP contribution is -2.19. The fraction of sp³-hybridized carbons (Fsp3) is 0.467. The predicted molar refractivity (Wildman–Crippen MR) is 74.1 cm³/mol. The molecule has 0 amide bonds. The molecule has 0 unspecified atom stereocenters. The molecule has 1 aromatic heterocycles. The second kappa shape index (κ2) is 5.02. The molecule has 2 aromatic rings. The van der Waals surface area contributed by atoms with Crippen LogP contribution in [0.25, 0.3) is 10.9 Å². The van der Waals surface area contributed by atoms with Crippen LogP contribution in [0.5, 0.6) is 5.75 Å². The molecule has 0 radical (unpaired) electrons. The van der Waals surface area contributed by atoms with Crippen molar-refractivity contribution in [2.45, 2.75) is 19.3 Å². The van der Waals surface area contributed by atoms with Crippen molar-refractivity contribution >= 4 is 10.9 Å². The van der Waals surface area contributed by atoms with Gasteiger partial charge in [0.25, 0.3) is 0 Å². The van der Waals surface area contributed by atoms with Crippen LogP contribution in [0.15, 0.2) is 24.4 Å². The number of H-pyrrole nitrogens is 1. The lowest BCUT2D eigenvalue weighted by molar-refractivity contribution is 0.415. The van der Waals surface area contributed by atoms with E-state index in [-0.39, 0.29) is 0 Å². The highest BCUT2D eigenvalue weighted by atomic mass is 16.5. The quantitative estimate of drug-likeness (QED) is 0.767. The molecule has 3 rings (SSSR count). The van der Waals surface area contributed by atoms with Gasteiger partial charge in [0.1, 0.15) is 5.75 Å². The zero-order chi connectivity index (χ0) is 12.4. The number of nitrogens with one attached hydrogen (secondary N) is 2. The Balaban J connectivity index is 1.66. The standard InChI is InChI=1S/C15H20N2O/c1-18-13-4-5-15-14(8-13)12(10-17-15)6-7-16-9-11-2-3-11/h4-5,8,10-11,16-17H,2-3,6-7,9H2,1H3. The van der Waals surface area contributed by atoms with E-state index in [1.165, 1.54) is 35.9 Å². The highest BCUT2D eigenvalue weighted by Gasteiger charge is 2.20. The number of fused-ring (bicyclic) bond motifs is 1. The molecule has 18 heavy (non-hydrogen) atoms. The van der Waals surface area contributed by atoms with Crippen molar-refractivity contribution in [2.75, 3.05) is 20.2 Å². The summed E-state index contributed by atoms with van der Waals surface area (Å²) in [5.41, 5.74) is 2.56. The van der Waals surface area contributed by atoms with Gasteiger partial charge in [0.2, 0.25) is 0 Å². The third-order valence-corrected chi connectivity index (χ3v) is 3.68. The molecular formula is C15H20N2O. The van der Waals surface area contributed by atoms with E-state index in [0.717, 1.165) is 24.6 Å². The van der Waals surface area contributed by atoms with Crippen molar-refractivity contribution in [1.82, 2.24) is 10.3 Å². The molecule has 1 fully saturated rings. The van der Waals surface area contributed by atoms with Gasteiger partial charge in [-0.05, 0) is 62.0 Å². The van der Waals surface area contributed by atoms with Crippen molar-refractivity contribution in [1.29, 1.82) is 0 Å². The minimum Gasteiger partial charge on any atom is -0.497 e. The maximum atomic E-state index is 5.28. The summed E-state index contributed by atoms with van der Waals surface area (Å²) in [6.45, 7) is 2.24. The number of rotatable bonds is 6. The van der Waals surface area contributed by atoms with Crippen molar-refractivity contribution in [3.63, 3.8) is 0 Å². The predicted octanol–water partition coefficient (Wildman–Crippen LogP) is 2.72. The van der Waals surface area contributed by atoms with Crippen molar-refractivity contribution in [3.05, 3.63) is 30.0 Å². The Morgan fingerprint density at radius 3 is 3.06 bits per heavy atom. The minimum atomic E-state index is 0.925. The van der Waals surface area contributed by atoms with Gasteiger partial charge in [0, 0.05) is 17.1 Å². The van der Waals surface area contributed by atoms with Gasteiger partial charge in [-0.25, -0.2) is 0 Å². The van der Waals surface area contributed by atoms with Crippen molar-refractivity contribution < 1.29 is 4.74 Å². The molecule has 1 heterocycles. The highest BCUT2D eigenvalue weighted by Crippen LogP contribution is 2.27. The Bertz CT molecular complexity index is 528. The lowest BCUT2D eigenvalue weighted by atomic mass is 10.1. The molecule has 2 N–H and O–H groups in total. The van der Waals surface area contributed by atoms with E-state index in [9.17, 15) is 0 Å². The van der Waals surface area contributed by atoms with E-state index in [2.05, 4.69) is 28.6 Å². The molecule has 3 heteroatoms. The van der Waals surface area contributed by atoms with Crippen LogP contribution in [0.2, 0.25) is 0 Å². The summed E-state index contributed by atoms with van der Waals surface area (Å²) < 4.78 is 5.28. The first-order chi connectivity index (χ1) is 8.86. The SMILES string of the molecule is COc1ccc2[nH]cc(CCNCC3CC3)c2c1. The van der Waals surface area contributed by atoms with Crippen LogP contribution in [0.4, 0.5) is 0 Å². The normalized spacial score (nSPS) is 15.2. The molecule has 96 valence electrons. The van der Waals surface area contributed by atoms with E-state index in [1.807, 2.05) is 6.07 Å². The maximum Gasteiger partial charge on any atom is 0.119 e. The van der Waals surface area contributed by atoms with Crippen LogP contribution in [0.1, 0.15) is 18.4 Å². The van der Waals surface area contributed by atoms with Crippen LogP contribution >= 0.6 is 0 Å². The first kappa shape index (κ1) is 11.6. The van der Waals surface area contributed by atoms with Crippen LogP contribution in [0, 0.1) is 5.92 Å². The lowest BCUT2D eigenvalue weighted by Gasteiger charge is -2.04. The number of aromatic nitrogens is 1. The topological polar surface area (TPSA) is 37.0 Å². The smallest absolute Gasteiger partial charge is 0.119 e. The number of benzene rings is 1. The van der Waals surface area contributed by atoms with E-state index in [4.69, 9.17) is 4.74 Å². The second-order valence-electron chi connectivity index (χ2n) is 5.12. The van der Waals surface area contributed by atoms with E-state index >= 15 is 0 Å². The summed E-state index contributed by atoms with van der Waals surface area (Å²) in [5.74, 6) is 1.88. The van der Waals surface area contributed by atoms with Gasteiger partial charge < -0.3 is 15.0 Å². The maximum absolute atomic E-state index is 5.28. The Morgan fingerprint density at radius 2 is 2.28 bits per heavy atom. The summed E-state index contributed by atoms with van der Waals surface area (Å²) in [7, 11) is 1.71. The average molecular weight is 244 g/mol. The van der Waals surface area contributed by atoms with Crippen molar-refractivity contribution in [2.24, 2.45) is 5.92 Å². The molecule has 1 aliphatic carbocycles. The van der Waals surface area contributed by atoms with E-state index < -0.39 is 0 Å². The van der Waals surface area contributed by atoms with Gasteiger partial charge in [-0.15, -0.1) is 0 Å². The zero-order valence-corrected chi connectivity index (χ0v) is 10.8. The third kappa shape index (κ3) is 2.51. The largest absolute Gasteiger partial charge is 0.497 e. The van der Waals surface area contributed by atoms with Gasteiger partial charge in [-0.3, -0.25) is 0 Å². The molecule has 1 aromatic carbocycles. The summed E-state index contributed by atoms with van der Waals surface area (Å²) in [6.07, 6.45) is 6.01. The summed E-state index contributed by atoms with van der Waals surface area (Å²) in [6, 6.07) is 6.19. The van der Waals surface area contributed by atoms with E-state index in [0.29, 0.717) is 0 Å². The first-order valence-corrected chi connectivity index (χ1v) is 6.71. The number of methoxy groups -OCH3 is 1. The van der Waals surface area contributed by atoms with Crippen LogP contribution in [-0.4, -0.2) is 25.2 Å². The van der Waals surface area contributed by atoms with Crippen LogP contribution in [-0.2, 0) is 6.42 Å². The van der Waals surface area contributed by atoms with Gasteiger partial charge >= 0.3 is 0 Å². The van der Waals surface area contributed by atoms with Gasteiger partial charge in [0.15, 0.2) is 0 Å². The van der Waals surface area contributed by atoms with Gasteiger partial charge in [-0.2, -0.15) is 0 Å². The molecule has 1 saturated carbocycles. The van der Waals surface area contributed by atoms with Crippen LogP contribution < -0.4 is 10.1 Å². The summed E-state index contributed by atoms with van der Waals surface area (Å²) >= 11 is 0. The third-order valence-electron chi connectivity index (χ3n) is 3.68. The Labute approximate surface area is 108 Å². The molecule has 1 aliphatic rings. The fourth-order valence-electron chi connectivity index (χ4n) is 2.34. The van der Waals surface area contributed by atoms with Crippen molar-refractivity contribution in [3.8, 4) is 5.75 Å². The second-order valence-corrected chi connectivity index (χ2v) is 5.12. The minimum absolute atomic E-state index is 0.925. The number of ether oxygens (including phenoxy) is 1. The van der Waals surface area contributed by atoms with Crippen LogP contribution in [0.3, 0.4) is 0 Å². The molecule has 0 aliphatic heterocycles.